The summed E-state index contributed by atoms with van der Waals surface area (Å²) in [5, 5.41) is 2.38. The molecular formula is C18H20N2O2S. The summed E-state index contributed by atoms with van der Waals surface area (Å²) >= 11 is 1.54. The predicted octanol–water partition coefficient (Wildman–Crippen LogP) is 2.66. The van der Waals surface area contributed by atoms with Gasteiger partial charge < -0.3 is 10.6 Å². The number of likely N-dealkylation sites (tertiary alicyclic amines) is 1. The molecule has 2 aromatic rings. The molecule has 5 heteroatoms. The number of nitrogens with two attached hydrogens (primary N) is 1. The molecule has 2 amide bonds. The van der Waals surface area contributed by atoms with Crippen molar-refractivity contribution in [2.24, 2.45) is 11.7 Å². The molecule has 1 aliphatic heterocycles. The van der Waals surface area contributed by atoms with Gasteiger partial charge in [0, 0.05) is 18.0 Å². The standard InChI is InChI=1S/C18H20N2O2S/c19-18(22)15-6-3-9-20(11-15)17(21)12-23-16-8-7-13-4-1-2-5-14(13)10-16/h1-2,4-5,7-8,10,15H,3,6,9,11-12H2,(H2,19,22). The molecule has 120 valence electrons. The molecule has 0 aromatic heterocycles. The van der Waals surface area contributed by atoms with Crippen LogP contribution < -0.4 is 5.73 Å². The average molecular weight is 328 g/mol. The predicted molar refractivity (Wildman–Crippen MR) is 93.2 cm³/mol. The average Bonchev–Trinajstić information content (AvgIpc) is 2.59. The van der Waals surface area contributed by atoms with E-state index in [2.05, 4.69) is 24.3 Å². The Morgan fingerprint density at radius 3 is 2.74 bits per heavy atom. The van der Waals surface area contributed by atoms with E-state index in [4.69, 9.17) is 5.73 Å². The van der Waals surface area contributed by atoms with Crippen molar-refractivity contribution in [2.75, 3.05) is 18.8 Å². The van der Waals surface area contributed by atoms with Crippen LogP contribution in [0.4, 0.5) is 0 Å². The van der Waals surface area contributed by atoms with Crippen LogP contribution in [0, 0.1) is 5.92 Å². The molecule has 3 rings (SSSR count). The van der Waals surface area contributed by atoms with E-state index in [1.54, 1.807) is 4.90 Å². The normalized spacial score (nSPS) is 18.1. The summed E-state index contributed by atoms with van der Waals surface area (Å²) in [4.78, 5) is 26.5. The van der Waals surface area contributed by atoms with E-state index in [1.807, 2.05) is 18.2 Å². The third kappa shape index (κ3) is 3.85. The summed E-state index contributed by atoms with van der Waals surface area (Å²) in [6.07, 6.45) is 1.64. The Labute approximate surface area is 140 Å². The van der Waals surface area contributed by atoms with Gasteiger partial charge in [0.25, 0.3) is 0 Å². The van der Waals surface area contributed by atoms with Crippen LogP contribution in [0.25, 0.3) is 10.8 Å². The number of nitrogens with zero attached hydrogens (tertiary/aromatic N) is 1. The van der Waals surface area contributed by atoms with Gasteiger partial charge in [-0.2, -0.15) is 0 Å². The van der Waals surface area contributed by atoms with Crippen LogP contribution in [-0.2, 0) is 9.59 Å². The van der Waals surface area contributed by atoms with Crippen LogP contribution in [0.3, 0.4) is 0 Å². The van der Waals surface area contributed by atoms with Gasteiger partial charge in [0.15, 0.2) is 0 Å². The maximum absolute atomic E-state index is 12.4. The molecule has 4 nitrogen and oxygen atoms in total. The summed E-state index contributed by atoms with van der Waals surface area (Å²) < 4.78 is 0. The fraction of sp³-hybridized carbons (Fsp3) is 0.333. The number of amides is 2. The number of hydrogen-bond acceptors (Lipinski definition) is 3. The Bertz CT molecular complexity index is 732. The Kier molecular flexibility index (Phi) is 4.86. The highest BCUT2D eigenvalue weighted by atomic mass is 32.2. The molecule has 1 heterocycles. The van der Waals surface area contributed by atoms with E-state index in [-0.39, 0.29) is 17.7 Å². The minimum absolute atomic E-state index is 0.0779. The second kappa shape index (κ2) is 7.04. The lowest BCUT2D eigenvalue weighted by Gasteiger charge is -2.31. The van der Waals surface area contributed by atoms with Crippen LogP contribution in [0.5, 0.6) is 0 Å². The van der Waals surface area contributed by atoms with Crippen molar-refractivity contribution in [2.45, 2.75) is 17.7 Å². The zero-order valence-corrected chi connectivity index (χ0v) is 13.7. The Morgan fingerprint density at radius 2 is 1.96 bits per heavy atom. The summed E-state index contributed by atoms with van der Waals surface area (Å²) in [6, 6.07) is 14.4. The highest BCUT2D eigenvalue weighted by Gasteiger charge is 2.26. The third-order valence-corrected chi connectivity index (χ3v) is 5.24. The zero-order chi connectivity index (χ0) is 16.2. The van der Waals surface area contributed by atoms with E-state index in [0.717, 1.165) is 24.3 Å². The summed E-state index contributed by atoms with van der Waals surface area (Å²) in [6.45, 7) is 1.19. The first-order chi connectivity index (χ1) is 11.1. The molecule has 1 aliphatic rings. The van der Waals surface area contributed by atoms with Crippen molar-refractivity contribution in [3.05, 3.63) is 42.5 Å². The molecule has 0 saturated carbocycles. The first-order valence-electron chi connectivity index (χ1n) is 7.82. The summed E-state index contributed by atoms with van der Waals surface area (Å²) in [5.41, 5.74) is 5.37. The van der Waals surface area contributed by atoms with Crippen molar-refractivity contribution in [3.63, 3.8) is 0 Å². The molecule has 1 unspecified atom stereocenters. The molecule has 0 aliphatic carbocycles. The fourth-order valence-corrected chi connectivity index (χ4v) is 3.78. The number of carbonyl (C=O) groups excluding carboxylic acids is 2. The quantitative estimate of drug-likeness (QED) is 0.878. The molecule has 23 heavy (non-hydrogen) atoms. The smallest absolute Gasteiger partial charge is 0.232 e. The first kappa shape index (κ1) is 15.9. The molecular weight excluding hydrogens is 308 g/mol. The van der Waals surface area contributed by atoms with E-state index in [1.165, 1.54) is 22.5 Å². The lowest BCUT2D eigenvalue weighted by molar-refractivity contribution is -0.132. The van der Waals surface area contributed by atoms with Gasteiger partial charge >= 0.3 is 0 Å². The number of fused-ring (bicyclic) bond motifs is 1. The lowest BCUT2D eigenvalue weighted by Crippen LogP contribution is -2.44. The number of primary amides is 1. The highest BCUT2D eigenvalue weighted by molar-refractivity contribution is 8.00. The Morgan fingerprint density at radius 1 is 1.17 bits per heavy atom. The minimum Gasteiger partial charge on any atom is -0.369 e. The monoisotopic (exact) mass is 328 g/mol. The minimum atomic E-state index is -0.301. The van der Waals surface area contributed by atoms with E-state index in [0.29, 0.717) is 12.3 Å². The zero-order valence-electron chi connectivity index (χ0n) is 12.9. The number of thioether (sulfide) groups is 1. The van der Waals surface area contributed by atoms with Crippen LogP contribution in [-0.4, -0.2) is 35.6 Å². The molecule has 0 bridgehead atoms. The maximum Gasteiger partial charge on any atom is 0.232 e. The Hall–Kier alpha value is -2.01. The maximum atomic E-state index is 12.4. The van der Waals surface area contributed by atoms with Gasteiger partial charge in [-0.1, -0.05) is 30.3 Å². The molecule has 0 radical (unpaired) electrons. The van der Waals surface area contributed by atoms with Crippen LogP contribution in [0.1, 0.15) is 12.8 Å². The number of benzene rings is 2. The fourth-order valence-electron chi connectivity index (χ4n) is 2.93. The summed E-state index contributed by atoms with van der Waals surface area (Å²) in [7, 11) is 0. The second-order valence-electron chi connectivity index (χ2n) is 5.88. The SMILES string of the molecule is NC(=O)C1CCCN(C(=O)CSc2ccc3ccccc3c2)C1. The van der Waals surface area contributed by atoms with Crippen LogP contribution in [0.2, 0.25) is 0 Å². The van der Waals surface area contributed by atoms with Gasteiger partial charge in [-0.15, -0.1) is 11.8 Å². The van der Waals surface area contributed by atoms with E-state index >= 15 is 0 Å². The van der Waals surface area contributed by atoms with Gasteiger partial charge in [0.05, 0.1) is 11.7 Å². The second-order valence-corrected chi connectivity index (χ2v) is 6.93. The number of piperidine rings is 1. The summed E-state index contributed by atoms with van der Waals surface area (Å²) in [5.74, 6) is -0.0266. The van der Waals surface area contributed by atoms with Gasteiger partial charge in [-0.05, 0) is 35.7 Å². The van der Waals surface area contributed by atoms with Crippen molar-refractivity contribution < 1.29 is 9.59 Å². The number of carbonyl (C=O) groups is 2. The van der Waals surface area contributed by atoms with Crippen LogP contribution >= 0.6 is 11.8 Å². The van der Waals surface area contributed by atoms with Gasteiger partial charge in [0.1, 0.15) is 0 Å². The first-order valence-corrected chi connectivity index (χ1v) is 8.81. The van der Waals surface area contributed by atoms with Crippen LogP contribution in [0.15, 0.2) is 47.4 Å². The largest absolute Gasteiger partial charge is 0.369 e. The van der Waals surface area contributed by atoms with E-state index < -0.39 is 0 Å². The van der Waals surface area contributed by atoms with Crippen molar-refractivity contribution in [3.8, 4) is 0 Å². The molecule has 2 N–H and O–H groups in total. The lowest BCUT2D eigenvalue weighted by atomic mass is 9.97. The van der Waals surface area contributed by atoms with Crippen molar-refractivity contribution >= 4 is 34.3 Å². The number of rotatable bonds is 4. The highest BCUT2D eigenvalue weighted by Crippen LogP contribution is 2.24. The molecule has 0 spiro atoms. The van der Waals surface area contributed by atoms with Crippen molar-refractivity contribution in [1.82, 2.24) is 4.90 Å². The molecule has 1 fully saturated rings. The van der Waals surface area contributed by atoms with E-state index in [9.17, 15) is 9.59 Å². The van der Waals surface area contributed by atoms with Gasteiger partial charge in [-0.3, -0.25) is 9.59 Å². The molecule has 1 atom stereocenters. The molecule has 1 saturated heterocycles. The number of hydrogen-bond donors (Lipinski definition) is 1. The van der Waals surface area contributed by atoms with Crippen molar-refractivity contribution in [1.29, 1.82) is 0 Å². The molecule has 2 aromatic carbocycles. The third-order valence-electron chi connectivity index (χ3n) is 4.26. The van der Waals surface area contributed by atoms with Gasteiger partial charge in [-0.25, -0.2) is 0 Å². The van der Waals surface area contributed by atoms with Gasteiger partial charge in [0.2, 0.25) is 11.8 Å². The topological polar surface area (TPSA) is 63.4 Å². The Balaban J connectivity index is 1.60.